The molecule has 2 aromatic rings. The van der Waals surface area contributed by atoms with Gasteiger partial charge < -0.3 is 10.1 Å². The molecule has 0 bridgehead atoms. The van der Waals surface area contributed by atoms with E-state index in [-0.39, 0.29) is 12.5 Å². The summed E-state index contributed by atoms with van der Waals surface area (Å²) in [5.74, 6) is -1.19. The van der Waals surface area contributed by atoms with Crippen LogP contribution in [0.25, 0.3) is 0 Å². The highest BCUT2D eigenvalue weighted by atomic mass is 32.1. The summed E-state index contributed by atoms with van der Waals surface area (Å²) in [6, 6.07) is 5.31. The summed E-state index contributed by atoms with van der Waals surface area (Å²) in [5, 5.41) is 3.31. The van der Waals surface area contributed by atoms with E-state index in [9.17, 15) is 14.0 Å². The van der Waals surface area contributed by atoms with Crippen LogP contribution in [0.5, 0.6) is 0 Å². The van der Waals surface area contributed by atoms with Crippen molar-refractivity contribution in [2.24, 2.45) is 0 Å². The summed E-state index contributed by atoms with van der Waals surface area (Å²) >= 11 is 1.41. The maximum Gasteiger partial charge on any atom is 0.341 e. The molecule has 1 aromatic carbocycles. The summed E-state index contributed by atoms with van der Waals surface area (Å²) in [5.41, 5.74) is 1.76. The molecule has 1 aliphatic heterocycles. The molecule has 1 amide bonds. The van der Waals surface area contributed by atoms with Gasteiger partial charge >= 0.3 is 5.97 Å². The van der Waals surface area contributed by atoms with E-state index in [1.807, 2.05) is 0 Å². The van der Waals surface area contributed by atoms with Crippen LogP contribution in [0.3, 0.4) is 0 Å². The van der Waals surface area contributed by atoms with Crippen molar-refractivity contribution in [2.45, 2.75) is 26.8 Å². The van der Waals surface area contributed by atoms with Crippen molar-refractivity contribution in [1.82, 2.24) is 4.90 Å². The Morgan fingerprint density at radius 3 is 2.65 bits per heavy atom. The maximum atomic E-state index is 13.1. The molecule has 0 fully saturated rings. The maximum absolute atomic E-state index is 13.1. The predicted octanol–water partition coefficient (Wildman–Crippen LogP) is 3.69. The van der Waals surface area contributed by atoms with Crippen LogP contribution in [-0.2, 0) is 17.7 Å². The smallest absolute Gasteiger partial charge is 0.341 e. The van der Waals surface area contributed by atoms with Crippen LogP contribution in [0, 0.1) is 5.82 Å². The highest BCUT2D eigenvalue weighted by Gasteiger charge is 2.29. The number of ether oxygens (including phenoxy) is 1. The molecule has 7 heteroatoms. The molecule has 0 aliphatic carbocycles. The Bertz CT molecular complexity index is 817. The largest absolute Gasteiger partial charge is 0.462 e. The molecule has 0 spiro atoms. The Kier molecular flexibility index (Phi) is 5.68. The standard InChI is InChI=1S/C19H21FN2O3S/c1-3-22-10-9-14-15(11-22)26-18(16(14)19(24)25-4-2)21-17(23)12-5-7-13(20)8-6-12/h5-8H,3-4,9-11H2,1-2H3,(H,21,23). The number of anilines is 1. The monoisotopic (exact) mass is 376 g/mol. The van der Waals surface area contributed by atoms with Gasteiger partial charge in [-0.1, -0.05) is 6.92 Å². The molecule has 2 heterocycles. The number of carbonyl (C=O) groups excluding carboxylic acids is 2. The van der Waals surface area contributed by atoms with Crippen LogP contribution in [0.15, 0.2) is 24.3 Å². The van der Waals surface area contributed by atoms with Crippen LogP contribution in [-0.4, -0.2) is 36.5 Å². The fourth-order valence-corrected chi connectivity index (χ4v) is 4.28. The van der Waals surface area contributed by atoms with Gasteiger partial charge in [-0.3, -0.25) is 9.69 Å². The first-order chi connectivity index (χ1) is 12.5. The zero-order valence-corrected chi connectivity index (χ0v) is 15.6. The van der Waals surface area contributed by atoms with Gasteiger partial charge in [-0.15, -0.1) is 11.3 Å². The highest BCUT2D eigenvalue weighted by Crippen LogP contribution is 2.37. The second kappa shape index (κ2) is 7.97. The van der Waals surface area contributed by atoms with E-state index in [0.29, 0.717) is 16.1 Å². The summed E-state index contributed by atoms with van der Waals surface area (Å²) in [6.45, 7) is 6.70. The van der Waals surface area contributed by atoms with Crippen molar-refractivity contribution < 1.29 is 18.7 Å². The van der Waals surface area contributed by atoms with E-state index in [1.165, 1.54) is 35.6 Å². The minimum atomic E-state index is -0.413. The molecular weight excluding hydrogens is 355 g/mol. The summed E-state index contributed by atoms with van der Waals surface area (Å²) in [6.07, 6.45) is 0.750. The van der Waals surface area contributed by atoms with E-state index >= 15 is 0 Å². The lowest BCUT2D eigenvalue weighted by Crippen LogP contribution is -2.30. The molecule has 5 nitrogen and oxygen atoms in total. The molecule has 1 aliphatic rings. The molecule has 0 saturated heterocycles. The number of rotatable bonds is 5. The Morgan fingerprint density at radius 2 is 2.00 bits per heavy atom. The molecule has 1 N–H and O–H groups in total. The van der Waals surface area contributed by atoms with E-state index in [1.54, 1.807) is 6.92 Å². The van der Waals surface area contributed by atoms with Gasteiger partial charge in [0.1, 0.15) is 10.8 Å². The lowest BCUT2D eigenvalue weighted by molar-refractivity contribution is 0.0526. The molecule has 3 rings (SSSR count). The number of carbonyl (C=O) groups is 2. The lowest BCUT2D eigenvalue weighted by atomic mass is 10.0. The third-order valence-electron chi connectivity index (χ3n) is 4.40. The van der Waals surface area contributed by atoms with E-state index in [0.717, 1.165) is 36.5 Å². The zero-order chi connectivity index (χ0) is 18.7. The summed E-state index contributed by atoms with van der Waals surface area (Å²) in [7, 11) is 0. The van der Waals surface area contributed by atoms with Gasteiger partial charge in [0.05, 0.1) is 12.2 Å². The average Bonchev–Trinajstić information content (AvgIpc) is 2.99. The van der Waals surface area contributed by atoms with Gasteiger partial charge in [0, 0.05) is 23.5 Å². The minimum Gasteiger partial charge on any atom is -0.462 e. The Hall–Kier alpha value is -2.25. The molecule has 1 aromatic heterocycles. The molecule has 0 saturated carbocycles. The minimum absolute atomic E-state index is 0.274. The third kappa shape index (κ3) is 3.78. The van der Waals surface area contributed by atoms with Gasteiger partial charge in [0.15, 0.2) is 0 Å². The van der Waals surface area contributed by atoms with Crippen molar-refractivity contribution in [2.75, 3.05) is 25.0 Å². The van der Waals surface area contributed by atoms with Crippen LogP contribution < -0.4 is 5.32 Å². The average molecular weight is 376 g/mol. The molecule has 0 radical (unpaired) electrons. The first-order valence-electron chi connectivity index (χ1n) is 8.64. The number of nitrogens with zero attached hydrogens (tertiary/aromatic N) is 1. The van der Waals surface area contributed by atoms with Crippen molar-refractivity contribution in [1.29, 1.82) is 0 Å². The Morgan fingerprint density at radius 1 is 1.27 bits per heavy atom. The Balaban J connectivity index is 1.92. The third-order valence-corrected chi connectivity index (χ3v) is 5.53. The molecule has 26 heavy (non-hydrogen) atoms. The first kappa shape index (κ1) is 18.5. The van der Waals surface area contributed by atoms with Gasteiger partial charge in [0.2, 0.25) is 0 Å². The molecule has 138 valence electrons. The number of fused-ring (bicyclic) bond motifs is 1. The number of nitrogens with one attached hydrogen (secondary N) is 1. The molecule has 0 unspecified atom stereocenters. The van der Waals surface area contributed by atoms with E-state index in [4.69, 9.17) is 4.74 Å². The quantitative estimate of drug-likeness (QED) is 0.809. The second-order valence-corrected chi connectivity index (χ2v) is 7.11. The van der Waals surface area contributed by atoms with Gasteiger partial charge in [0.25, 0.3) is 5.91 Å². The van der Waals surface area contributed by atoms with Crippen LogP contribution in [0.2, 0.25) is 0 Å². The van der Waals surface area contributed by atoms with Crippen molar-refractivity contribution >= 4 is 28.2 Å². The highest BCUT2D eigenvalue weighted by molar-refractivity contribution is 7.17. The van der Waals surface area contributed by atoms with Crippen LogP contribution >= 0.6 is 11.3 Å². The number of likely N-dealkylation sites (N-methyl/N-ethyl adjacent to an activating group) is 1. The van der Waals surface area contributed by atoms with Crippen LogP contribution in [0.4, 0.5) is 9.39 Å². The van der Waals surface area contributed by atoms with Gasteiger partial charge in [-0.25, -0.2) is 9.18 Å². The van der Waals surface area contributed by atoms with Crippen molar-refractivity contribution in [3.05, 3.63) is 51.7 Å². The zero-order valence-electron chi connectivity index (χ0n) is 14.8. The topological polar surface area (TPSA) is 58.6 Å². The van der Waals surface area contributed by atoms with Gasteiger partial charge in [-0.05, 0) is 49.7 Å². The number of amides is 1. The molecule has 0 atom stereocenters. The molecular formula is C19H21FN2O3S. The number of hydrogen-bond acceptors (Lipinski definition) is 5. The number of benzene rings is 1. The number of esters is 1. The first-order valence-corrected chi connectivity index (χ1v) is 9.46. The van der Waals surface area contributed by atoms with E-state index < -0.39 is 11.8 Å². The summed E-state index contributed by atoms with van der Waals surface area (Å²) in [4.78, 5) is 28.4. The lowest BCUT2D eigenvalue weighted by Gasteiger charge is -2.25. The fourth-order valence-electron chi connectivity index (χ4n) is 3.01. The number of halogens is 1. The normalized spacial score (nSPS) is 14.0. The van der Waals surface area contributed by atoms with Crippen molar-refractivity contribution in [3.8, 4) is 0 Å². The number of thiophene rings is 1. The van der Waals surface area contributed by atoms with E-state index in [2.05, 4.69) is 17.1 Å². The Labute approximate surface area is 155 Å². The second-order valence-electron chi connectivity index (χ2n) is 6.01. The predicted molar refractivity (Wildman–Crippen MR) is 99.3 cm³/mol. The van der Waals surface area contributed by atoms with Crippen LogP contribution in [0.1, 0.15) is 45.0 Å². The number of hydrogen-bond donors (Lipinski definition) is 1. The SMILES string of the molecule is CCOC(=O)c1c(NC(=O)c2ccc(F)cc2)sc2c1CCN(CC)C2. The van der Waals surface area contributed by atoms with Crippen molar-refractivity contribution in [3.63, 3.8) is 0 Å². The summed E-state index contributed by atoms with van der Waals surface area (Å²) < 4.78 is 18.3. The fraction of sp³-hybridized carbons (Fsp3) is 0.368. The van der Waals surface area contributed by atoms with Gasteiger partial charge in [-0.2, -0.15) is 0 Å².